The molecule has 0 radical (unpaired) electrons. The number of likely N-dealkylation sites (tertiary alicyclic amines) is 1. The van der Waals surface area contributed by atoms with Gasteiger partial charge in [-0.15, -0.1) is 0 Å². The molecule has 0 saturated carbocycles. The molecule has 2 nitrogen and oxygen atoms in total. The summed E-state index contributed by atoms with van der Waals surface area (Å²) in [5.41, 5.74) is 0.963. The Hall–Kier alpha value is -1.71. The van der Waals surface area contributed by atoms with E-state index in [4.69, 9.17) is 0 Å². The average molecular weight is 341 g/mol. The minimum absolute atomic E-state index is 0.0304. The van der Waals surface area contributed by atoms with Gasteiger partial charge in [-0.25, -0.2) is 4.39 Å². The maximum absolute atomic E-state index is 13.4. The molecule has 2 aromatic rings. The second kappa shape index (κ2) is 8.11. The molecule has 1 saturated heterocycles. The molecule has 1 aliphatic rings. The molecule has 2 atom stereocenters. The Balaban J connectivity index is 2.00. The zero-order valence-electron chi connectivity index (χ0n) is 15.0. The Labute approximate surface area is 150 Å². The first-order chi connectivity index (χ1) is 12.1. The summed E-state index contributed by atoms with van der Waals surface area (Å²) in [6.07, 6.45) is 3.98. The fourth-order valence-electron chi connectivity index (χ4n) is 4.08. The van der Waals surface area contributed by atoms with Crippen LogP contribution in [0.5, 0.6) is 0 Å². The Morgan fingerprint density at radius 1 is 1.04 bits per heavy atom. The lowest BCUT2D eigenvalue weighted by atomic mass is 9.74. The lowest BCUT2D eigenvalue weighted by Crippen LogP contribution is -2.40. The van der Waals surface area contributed by atoms with Crippen LogP contribution in [-0.4, -0.2) is 29.6 Å². The summed E-state index contributed by atoms with van der Waals surface area (Å²) in [5, 5.41) is 11.8. The van der Waals surface area contributed by atoms with Crippen molar-refractivity contribution in [3.05, 3.63) is 71.5 Å². The lowest BCUT2D eigenvalue weighted by molar-refractivity contribution is -0.0118. The minimum atomic E-state index is -0.994. The second-order valence-corrected chi connectivity index (χ2v) is 7.15. The van der Waals surface area contributed by atoms with Crippen LogP contribution in [0.25, 0.3) is 0 Å². The molecule has 1 fully saturated rings. The van der Waals surface area contributed by atoms with E-state index in [0.29, 0.717) is 6.42 Å². The molecule has 2 aromatic carbocycles. The van der Waals surface area contributed by atoms with E-state index in [2.05, 4.69) is 24.0 Å². The molecule has 0 aliphatic carbocycles. The first-order valence-electron chi connectivity index (χ1n) is 9.39. The van der Waals surface area contributed by atoms with Crippen LogP contribution in [0.3, 0.4) is 0 Å². The first kappa shape index (κ1) is 18.1. The van der Waals surface area contributed by atoms with Crippen molar-refractivity contribution in [1.29, 1.82) is 0 Å². The van der Waals surface area contributed by atoms with Crippen LogP contribution in [0.1, 0.15) is 49.7 Å². The molecule has 134 valence electrons. The largest absolute Gasteiger partial charge is 0.384 e. The maximum atomic E-state index is 13.4. The number of aliphatic hydroxyl groups is 1. The van der Waals surface area contributed by atoms with E-state index in [1.54, 1.807) is 12.1 Å². The fourth-order valence-corrected chi connectivity index (χ4v) is 4.08. The Morgan fingerprint density at radius 3 is 2.28 bits per heavy atom. The summed E-state index contributed by atoms with van der Waals surface area (Å²) >= 11 is 0. The van der Waals surface area contributed by atoms with Crippen LogP contribution in [0.15, 0.2) is 54.6 Å². The van der Waals surface area contributed by atoms with E-state index >= 15 is 0 Å². The molecular formula is C22H28FNO. The highest BCUT2D eigenvalue weighted by Crippen LogP contribution is 2.41. The molecule has 1 N–H and O–H groups in total. The molecule has 0 aromatic heterocycles. The van der Waals surface area contributed by atoms with Crippen molar-refractivity contribution in [2.24, 2.45) is 0 Å². The van der Waals surface area contributed by atoms with E-state index < -0.39 is 5.60 Å². The smallest absolute Gasteiger partial charge is 0.123 e. The molecule has 1 heterocycles. The van der Waals surface area contributed by atoms with Crippen LogP contribution in [0.4, 0.5) is 4.39 Å². The standard InChI is InChI=1S/C22H28FNO/c1-2-14-22(25,19-10-12-20(23)13-11-19)21(17-24-15-6-7-16-24)18-8-4-3-5-9-18/h3-5,8-13,21,25H,2,6-7,14-17H2,1H3/t21-,22-/m0/s1. The predicted molar refractivity (Wildman–Crippen MR) is 100 cm³/mol. The number of benzene rings is 2. The summed E-state index contributed by atoms with van der Waals surface area (Å²) in [5.74, 6) is -0.296. The quantitative estimate of drug-likeness (QED) is 0.789. The van der Waals surface area contributed by atoms with Gasteiger partial charge in [-0.1, -0.05) is 55.8 Å². The van der Waals surface area contributed by atoms with Gasteiger partial charge in [0.2, 0.25) is 0 Å². The number of nitrogens with zero attached hydrogens (tertiary/aromatic N) is 1. The van der Waals surface area contributed by atoms with Crippen LogP contribution in [-0.2, 0) is 5.60 Å². The topological polar surface area (TPSA) is 23.5 Å². The van der Waals surface area contributed by atoms with Crippen molar-refractivity contribution in [2.45, 2.75) is 44.1 Å². The van der Waals surface area contributed by atoms with Crippen LogP contribution < -0.4 is 0 Å². The van der Waals surface area contributed by atoms with Crippen LogP contribution >= 0.6 is 0 Å². The van der Waals surface area contributed by atoms with Gasteiger partial charge in [0, 0.05) is 12.5 Å². The van der Waals surface area contributed by atoms with Gasteiger partial charge in [0.05, 0.1) is 5.60 Å². The van der Waals surface area contributed by atoms with Gasteiger partial charge in [-0.05, 0) is 55.6 Å². The third-order valence-corrected chi connectivity index (χ3v) is 5.39. The van der Waals surface area contributed by atoms with E-state index in [9.17, 15) is 9.50 Å². The van der Waals surface area contributed by atoms with E-state index in [0.717, 1.165) is 37.2 Å². The Morgan fingerprint density at radius 2 is 1.68 bits per heavy atom. The van der Waals surface area contributed by atoms with Gasteiger partial charge in [0.1, 0.15) is 5.82 Å². The van der Waals surface area contributed by atoms with Crippen LogP contribution in [0.2, 0.25) is 0 Å². The minimum Gasteiger partial charge on any atom is -0.384 e. The molecule has 1 aliphatic heterocycles. The zero-order chi connectivity index (χ0) is 17.7. The molecule has 3 rings (SSSR count). The van der Waals surface area contributed by atoms with Gasteiger partial charge in [0.15, 0.2) is 0 Å². The SMILES string of the molecule is CCC[C@](O)(c1ccc(F)cc1)[C@@H](CN1CCCC1)c1ccccc1. The van der Waals surface area contributed by atoms with Gasteiger partial charge in [-0.2, -0.15) is 0 Å². The normalized spacial score (nSPS) is 18.8. The summed E-state index contributed by atoms with van der Waals surface area (Å²) in [4.78, 5) is 2.45. The summed E-state index contributed by atoms with van der Waals surface area (Å²) in [6.45, 7) is 5.11. The number of halogens is 1. The third kappa shape index (κ3) is 4.10. The molecule has 0 spiro atoms. The van der Waals surface area contributed by atoms with Crippen LogP contribution in [0, 0.1) is 5.82 Å². The number of hydrogen-bond acceptors (Lipinski definition) is 2. The first-order valence-corrected chi connectivity index (χ1v) is 9.39. The molecule has 0 unspecified atom stereocenters. The Kier molecular flexibility index (Phi) is 5.87. The maximum Gasteiger partial charge on any atom is 0.123 e. The predicted octanol–water partition coefficient (Wildman–Crippen LogP) is 4.69. The van der Waals surface area contributed by atoms with Gasteiger partial charge in [0.25, 0.3) is 0 Å². The third-order valence-electron chi connectivity index (χ3n) is 5.39. The molecule has 0 amide bonds. The molecule has 0 bridgehead atoms. The number of rotatable bonds is 7. The Bertz CT molecular complexity index is 651. The van der Waals surface area contributed by atoms with Crippen molar-refractivity contribution in [1.82, 2.24) is 4.90 Å². The highest BCUT2D eigenvalue weighted by Gasteiger charge is 2.39. The van der Waals surface area contributed by atoms with Gasteiger partial charge >= 0.3 is 0 Å². The van der Waals surface area contributed by atoms with E-state index in [-0.39, 0.29) is 11.7 Å². The van der Waals surface area contributed by atoms with Crippen molar-refractivity contribution < 1.29 is 9.50 Å². The van der Waals surface area contributed by atoms with Crippen molar-refractivity contribution in [3.8, 4) is 0 Å². The highest BCUT2D eigenvalue weighted by molar-refractivity contribution is 5.32. The van der Waals surface area contributed by atoms with E-state index in [1.165, 1.54) is 25.0 Å². The number of hydrogen-bond donors (Lipinski definition) is 1. The molecule has 3 heteroatoms. The molecular weight excluding hydrogens is 313 g/mol. The second-order valence-electron chi connectivity index (χ2n) is 7.15. The summed E-state index contributed by atoms with van der Waals surface area (Å²) < 4.78 is 13.4. The average Bonchev–Trinajstić information content (AvgIpc) is 3.14. The van der Waals surface area contributed by atoms with E-state index in [1.807, 2.05) is 18.2 Å². The molecule has 25 heavy (non-hydrogen) atoms. The highest BCUT2D eigenvalue weighted by atomic mass is 19.1. The summed E-state index contributed by atoms with van der Waals surface area (Å²) in [6, 6.07) is 16.7. The van der Waals surface area contributed by atoms with Gasteiger partial charge < -0.3 is 10.0 Å². The fraction of sp³-hybridized carbons (Fsp3) is 0.455. The van der Waals surface area contributed by atoms with Crippen molar-refractivity contribution in [2.75, 3.05) is 19.6 Å². The lowest BCUT2D eigenvalue weighted by Gasteiger charge is -2.39. The van der Waals surface area contributed by atoms with Crippen molar-refractivity contribution in [3.63, 3.8) is 0 Å². The van der Waals surface area contributed by atoms with Crippen molar-refractivity contribution >= 4 is 0 Å². The summed E-state index contributed by atoms with van der Waals surface area (Å²) in [7, 11) is 0. The zero-order valence-corrected chi connectivity index (χ0v) is 15.0. The monoisotopic (exact) mass is 341 g/mol. The van der Waals surface area contributed by atoms with Gasteiger partial charge in [-0.3, -0.25) is 0 Å².